The molecule has 0 aliphatic carbocycles. The predicted octanol–water partition coefficient (Wildman–Crippen LogP) is 25.5. The van der Waals surface area contributed by atoms with Gasteiger partial charge in [0.25, 0.3) is 7.82 Å². The Bertz CT molecular complexity index is 1610. The number of ether oxygens (including phenoxy) is 2. The van der Waals surface area contributed by atoms with Gasteiger partial charge in [-0.25, -0.2) is 0 Å². The summed E-state index contributed by atoms with van der Waals surface area (Å²) >= 11 is 0. The average Bonchev–Trinajstić information content (AvgIpc) is 3.61. The fraction of sp³-hybridized carbons (Fsp3) is 0.900. The summed E-state index contributed by atoms with van der Waals surface area (Å²) in [6, 6.07) is 0. The van der Waals surface area contributed by atoms with Crippen LogP contribution in [0, 0.1) is 0 Å². The molecule has 9 nitrogen and oxygen atoms in total. The van der Waals surface area contributed by atoms with Crippen molar-refractivity contribution in [2.24, 2.45) is 0 Å². The van der Waals surface area contributed by atoms with Gasteiger partial charge in [0.05, 0.1) is 27.7 Å². The zero-order chi connectivity index (χ0) is 65.5. The average molecular weight is 1290 g/mol. The molecule has 0 N–H and O–H groups in total. The van der Waals surface area contributed by atoms with Crippen LogP contribution < -0.4 is 4.89 Å². The van der Waals surface area contributed by atoms with Crippen LogP contribution in [0.2, 0.25) is 0 Å². The van der Waals surface area contributed by atoms with Crippen LogP contribution >= 0.6 is 7.82 Å². The van der Waals surface area contributed by atoms with E-state index in [1.54, 1.807) is 0 Å². The molecule has 0 aromatic rings. The Kier molecular flexibility index (Phi) is 70.1. The number of carbonyl (C=O) groups is 2. The van der Waals surface area contributed by atoms with Crippen molar-refractivity contribution in [3.05, 3.63) is 36.5 Å². The van der Waals surface area contributed by atoms with Gasteiger partial charge in [-0.3, -0.25) is 14.2 Å². The SMILES string of the molecule is CCCCCCC/C=C\C/C=C\CCCCCCCCCCCCCCCCCCCCCCCCCC(=O)OC(COC(=O)CCCCCCCCCCCCCCCCCCCCC/C=C\CCCCCCCCCC)COP(=O)([O-])OCC[N+](C)(C)C. The summed E-state index contributed by atoms with van der Waals surface area (Å²) in [5, 5.41) is 0. The highest BCUT2D eigenvalue weighted by Gasteiger charge is 2.22. The van der Waals surface area contributed by atoms with E-state index in [1.165, 1.54) is 340 Å². The lowest BCUT2D eigenvalue weighted by molar-refractivity contribution is -0.870. The molecule has 2 unspecified atom stereocenters. The number of phosphoric ester groups is 1. The molecule has 532 valence electrons. The van der Waals surface area contributed by atoms with Crippen molar-refractivity contribution >= 4 is 19.8 Å². The molecule has 0 amide bonds. The molecule has 2 atom stereocenters. The normalized spacial score (nSPS) is 13.2. The van der Waals surface area contributed by atoms with E-state index in [0.717, 1.165) is 38.5 Å². The Hall–Kier alpha value is -1.77. The van der Waals surface area contributed by atoms with Gasteiger partial charge in [-0.05, 0) is 70.6 Å². The molecule has 0 aliphatic rings. The number of hydrogen-bond donors (Lipinski definition) is 0. The first-order chi connectivity index (χ1) is 44.0. The van der Waals surface area contributed by atoms with E-state index in [9.17, 15) is 19.0 Å². The molecule has 0 radical (unpaired) electrons. The number of unbranched alkanes of at least 4 members (excludes halogenated alkanes) is 55. The van der Waals surface area contributed by atoms with Crippen molar-refractivity contribution in [1.29, 1.82) is 0 Å². The van der Waals surface area contributed by atoms with Gasteiger partial charge < -0.3 is 27.9 Å². The number of hydrogen-bond acceptors (Lipinski definition) is 8. The largest absolute Gasteiger partial charge is 0.756 e. The summed E-state index contributed by atoms with van der Waals surface area (Å²) in [6.07, 6.45) is 92.7. The molecule has 0 spiro atoms. The molecule has 0 aliphatic heterocycles. The zero-order valence-electron chi connectivity index (χ0n) is 60.9. The summed E-state index contributed by atoms with van der Waals surface area (Å²) in [5.74, 6) is -0.807. The number of rotatable bonds is 75. The lowest BCUT2D eigenvalue weighted by Gasteiger charge is -2.28. The highest BCUT2D eigenvalue weighted by molar-refractivity contribution is 7.45. The van der Waals surface area contributed by atoms with E-state index in [4.69, 9.17) is 18.5 Å². The van der Waals surface area contributed by atoms with Gasteiger partial charge in [0.1, 0.15) is 19.8 Å². The third-order valence-corrected chi connectivity index (χ3v) is 19.1. The molecular weight excluding hydrogens is 1130 g/mol. The van der Waals surface area contributed by atoms with Crippen molar-refractivity contribution in [2.45, 2.75) is 418 Å². The molecule has 0 rings (SSSR count). The van der Waals surface area contributed by atoms with Gasteiger partial charge >= 0.3 is 11.9 Å². The minimum atomic E-state index is -4.64. The van der Waals surface area contributed by atoms with Crippen molar-refractivity contribution in [3.8, 4) is 0 Å². The number of nitrogens with zero attached hydrogens (tertiary/aromatic N) is 1. The highest BCUT2D eigenvalue weighted by Crippen LogP contribution is 2.38. The molecule has 0 bridgehead atoms. The number of quaternary nitrogens is 1. The summed E-state index contributed by atoms with van der Waals surface area (Å²) in [7, 11) is 1.19. The van der Waals surface area contributed by atoms with Crippen LogP contribution in [0.15, 0.2) is 36.5 Å². The highest BCUT2D eigenvalue weighted by atomic mass is 31.2. The number of phosphoric acid groups is 1. The Morgan fingerprint density at radius 3 is 0.889 bits per heavy atom. The fourth-order valence-electron chi connectivity index (χ4n) is 12.0. The lowest BCUT2D eigenvalue weighted by atomic mass is 10.0. The zero-order valence-corrected chi connectivity index (χ0v) is 61.8. The molecule has 0 aromatic heterocycles. The smallest absolute Gasteiger partial charge is 0.306 e. The van der Waals surface area contributed by atoms with Crippen LogP contribution in [0.1, 0.15) is 412 Å². The van der Waals surface area contributed by atoms with E-state index < -0.39 is 26.5 Å². The van der Waals surface area contributed by atoms with Gasteiger partial charge in [-0.1, -0.05) is 365 Å². The number of likely N-dealkylation sites (N-methyl/N-ethyl adjacent to an activating group) is 1. The van der Waals surface area contributed by atoms with Crippen molar-refractivity contribution in [3.63, 3.8) is 0 Å². The third-order valence-electron chi connectivity index (χ3n) is 18.1. The first kappa shape index (κ1) is 88.2. The minimum Gasteiger partial charge on any atom is -0.756 e. The maximum Gasteiger partial charge on any atom is 0.306 e. The van der Waals surface area contributed by atoms with Gasteiger partial charge in [-0.15, -0.1) is 0 Å². The summed E-state index contributed by atoms with van der Waals surface area (Å²) in [6.45, 7) is 4.31. The van der Waals surface area contributed by atoms with Crippen LogP contribution in [0.5, 0.6) is 0 Å². The first-order valence-corrected chi connectivity index (χ1v) is 41.2. The maximum atomic E-state index is 12.9. The number of carbonyl (C=O) groups excluding carboxylic acids is 2. The molecule has 10 heteroatoms. The van der Waals surface area contributed by atoms with E-state index in [-0.39, 0.29) is 32.0 Å². The summed E-state index contributed by atoms with van der Waals surface area (Å²) in [5.41, 5.74) is 0. The minimum absolute atomic E-state index is 0.0272. The Balaban J connectivity index is 3.91. The second kappa shape index (κ2) is 71.5. The Morgan fingerprint density at radius 2 is 0.600 bits per heavy atom. The van der Waals surface area contributed by atoms with Crippen LogP contribution in [0.25, 0.3) is 0 Å². The van der Waals surface area contributed by atoms with Crippen molar-refractivity contribution in [1.82, 2.24) is 0 Å². The first-order valence-electron chi connectivity index (χ1n) is 39.7. The van der Waals surface area contributed by atoms with Crippen molar-refractivity contribution in [2.75, 3.05) is 47.5 Å². The number of esters is 2. The van der Waals surface area contributed by atoms with Crippen LogP contribution in [0.3, 0.4) is 0 Å². The molecule has 0 saturated heterocycles. The Morgan fingerprint density at radius 1 is 0.344 bits per heavy atom. The van der Waals surface area contributed by atoms with Gasteiger partial charge in [0.15, 0.2) is 6.10 Å². The van der Waals surface area contributed by atoms with Crippen molar-refractivity contribution < 1.29 is 42.1 Å². The molecular formula is C80H154NO8P. The second-order valence-electron chi connectivity index (χ2n) is 28.4. The fourth-order valence-corrected chi connectivity index (χ4v) is 12.8. The van der Waals surface area contributed by atoms with E-state index in [2.05, 4.69) is 50.3 Å². The molecule has 90 heavy (non-hydrogen) atoms. The molecule has 0 fully saturated rings. The Labute approximate surface area is 561 Å². The predicted molar refractivity (Wildman–Crippen MR) is 388 cm³/mol. The summed E-state index contributed by atoms with van der Waals surface area (Å²) in [4.78, 5) is 38.2. The number of allylic oxidation sites excluding steroid dienone is 6. The topological polar surface area (TPSA) is 111 Å². The van der Waals surface area contributed by atoms with E-state index >= 15 is 0 Å². The monoisotopic (exact) mass is 1290 g/mol. The maximum absolute atomic E-state index is 12.9. The lowest BCUT2D eigenvalue weighted by Crippen LogP contribution is -2.37. The molecule has 0 heterocycles. The van der Waals surface area contributed by atoms with E-state index in [1.807, 2.05) is 21.1 Å². The van der Waals surface area contributed by atoms with Gasteiger partial charge in [-0.2, -0.15) is 0 Å². The third kappa shape index (κ3) is 75.3. The van der Waals surface area contributed by atoms with Crippen LogP contribution in [-0.4, -0.2) is 70.0 Å². The van der Waals surface area contributed by atoms with Crippen LogP contribution in [0.4, 0.5) is 0 Å². The molecule has 0 saturated carbocycles. The standard InChI is InChI=1S/C80H154NO8P/c1-6-8-10-12-14-16-18-20-22-24-26-28-30-32-34-36-38-39-40-41-43-45-47-49-51-53-55-57-59-61-63-65-67-69-71-73-80(83)89-78(77-88-90(84,85)87-75-74-81(3,4)5)76-86-79(82)72-70-68-66-64-62-60-58-56-54-52-50-48-46-44-42-37-35-33-31-29-27-25-23-21-19-17-15-13-11-9-7-2/h18,20,24-27,78H,6-17,19,21-23,28-77H2,1-5H3/b20-18-,26-24-,27-25-. The second-order valence-corrected chi connectivity index (χ2v) is 29.8. The van der Waals surface area contributed by atoms with Crippen LogP contribution in [-0.2, 0) is 32.7 Å². The molecule has 0 aromatic carbocycles. The quantitative estimate of drug-likeness (QED) is 0.0195. The van der Waals surface area contributed by atoms with Gasteiger partial charge in [0.2, 0.25) is 0 Å². The van der Waals surface area contributed by atoms with Gasteiger partial charge in [0, 0.05) is 12.8 Å². The van der Waals surface area contributed by atoms with E-state index in [0.29, 0.717) is 17.4 Å². The summed E-state index contributed by atoms with van der Waals surface area (Å²) < 4.78 is 34.4.